The van der Waals surface area contributed by atoms with Crippen LogP contribution < -0.4 is 21.7 Å². The number of pyridine rings is 1. The molecule has 0 amide bonds. The topological polar surface area (TPSA) is 104 Å². The van der Waals surface area contributed by atoms with E-state index in [0.29, 0.717) is 17.8 Å². The fourth-order valence-corrected chi connectivity index (χ4v) is 5.76. The van der Waals surface area contributed by atoms with Gasteiger partial charge in [0.05, 0.1) is 0 Å². The zero-order valence-corrected chi connectivity index (χ0v) is 26.8. The second-order valence-corrected chi connectivity index (χ2v) is 12.5. The Morgan fingerprint density at radius 1 is 0.826 bits per heavy atom. The van der Waals surface area contributed by atoms with Crippen molar-refractivity contribution in [2.75, 3.05) is 37.2 Å². The third-order valence-corrected chi connectivity index (χ3v) is 8.67. The molecule has 238 valence electrons. The van der Waals surface area contributed by atoms with Crippen molar-refractivity contribution in [3.8, 4) is 23.0 Å². The van der Waals surface area contributed by atoms with Gasteiger partial charge in [-0.1, -0.05) is 68.7 Å². The number of nitrogens with one attached hydrogen (secondary N) is 3. The van der Waals surface area contributed by atoms with Gasteiger partial charge in [-0.15, -0.1) is 0 Å². The molecule has 0 atom stereocenters. The Bertz CT molecular complexity index is 1580. The van der Waals surface area contributed by atoms with Gasteiger partial charge in [-0.25, -0.2) is 9.97 Å². The minimum atomic E-state index is 0.442. The van der Waals surface area contributed by atoms with Crippen molar-refractivity contribution in [1.29, 1.82) is 0 Å². The van der Waals surface area contributed by atoms with Gasteiger partial charge < -0.3 is 21.7 Å². The van der Waals surface area contributed by atoms with Gasteiger partial charge in [0.25, 0.3) is 0 Å². The second-order valence-electron chi connectivity index (χ2n) is 12.5. The maximum Gasteiger partial charge on any atom is 0.229 e. The van der Waals surface area contributed by atoms with Gasteiger partial charge in [-0.2, -0.15) is 4.98 Å². The molecule has 0 bridgehead atoms. The molecular weight excluding hydrogens is 568 g/mol. The van der Waals surface area contributed by atoms with Crippen molar-refractivity contribution in [1.82, 2.24) is 30.5 Å². The van der Waals surface area contributed by atoms with Crippen LogP contribution in [0.25, 0.3) is 11.1 Å². The van der Waals surface area contributed by atoms with E-state index in [1.54, 1.807) is 6.20 Å². The third-order valence-electron chi connectivity index (χ3n) is 8.67. The van der Waals surface area contributed by atoms with Gasteiger partial charge in [0.1, 0.15) is 11.5 Å². The van der Waals surface area contributed by atoms with Crippen LogP contribution in [0.2, 0.25) is 0 Å². The molecule has 7 rings (SSSR count). The number of aromatic nitrogens is 3. The first-order valence-corrected chi connectivity index (χ1v) is 16.9. The molecule has 3 heterocycles. The SMILES string of the molecule is C1CCCCC1.Nc1nc(Nc2ccc(C#Cc3cc(CNC4CC4)ccn3)cc2)ncc1-c1ccc(CN2CCNCC2)cc1. The summed E-state index contributed by atoms with van der Waals surface area (Å²) in [7, 11) is 0. The predicted octanol–water partition coefficient (Wildman–Crippen LogP) is 6.26. The molecule has 8 nitrogen and oxygen atoms in total. The maximum absolute atomic E-state index is 6.33. The third kappa shape index (κ3) is 9.85. The van der Waals surface area contributed by atoms with Crippen molar-refractivity contribution < 1.29 is 0 Å². The Labute approximate surface area is 273 Å². The molecule has 3 fully saturated rings. The largest absolute Gasteiger partial charge is 0.383 e. The zero-order valence-electron chi connectivity index (χ0n) is 26.8. The molecule has 8 heteroatoms. The lowest BCUT2D eigenvalue weighted by Crippen LogP contribution is -2.42. The quantitative estimate of drug-likeness (QED) is 0.173. The lowest BCUT2D eigenvalue weighted by molar-refractivity contribution is 0.233. The molecule has 0 unspecified atom stereocenters. The van der Waals surface area contributed by atoms with Crippen molar-refractivity contribution >= 4 is 17.5 Å². The van der Waals surface area contributed by atoms with E-state index >= 15 is 0 Å². The maximum atomic E-state index is 6.33. The van der Waals surface area contributed by atoms with E-state index in [9.17, 15) is 0 Å². The summed E-state index contributed by atoms with van der Waals surface area (Å²) in [5, 5.41) is 10.2. The van der Waals surface area contributed by atoms with Crippen LogP contribution in [-0.2, 0) is 13.1 Å². The molecular formula is C38H46N8. The van der Waals surface area contributed by atoms with Gasteiger partial charge in [0.15, 0.2) is 0 Å². The molecule has 4 aromatic rings. The van der Waals surface area contributed by atoms with Crippen LogP contribution in [0.4, 0.5) is 17.5 Å². The number of hydrogen-bond donors (Lipinski definition) is 4. The molecule has 2 aromatic heterocycles. The molecule has 3 aliphatic rings. The number of nitrogens with zero attached hydrogens (tertiary/aromatic N) is 4. The normalized spacial score (nSPS) is 16.4. The highest BCUT2D eigenvalue weighted by atomic mass is 15.2. The molecule has 2 aromatic carbocycles. The van der Waals surface area contributed by atoms with Crippen LogP contribution in [0.3, 0.4) is 0 Å². The van der Waals surface area contributed by atoms with Crippen LogP contribution >= 0.6 is 0 Å². The van der Waals surface area contributed by atoms with Crippen LogP contribution in [0, 0.1) is 11.8 Å². The minimum absolute atomic E-state index is 0.442. The average molecular weight is 615 g/mol. The van der Waals surface area contributed by atoms with Crippen molar-refractivity contribution in [2.24, 2.45) is 0 Å². The minimum Gasteiger partial charge on any atom is -0.383 e. The summed E-state index contributed by atoms with van der Waals surface area (Å²) in [4.78, 5) is 15.9. The Morgan fingerprint density at radius 3 is 2.22 bits per heavy atom. The fraction of sp³-hybridized carbons (Fsp3) is 0.395. The number of rotatable bonds is 8. The summed E-state index contributed by atoms with van der Waals surface area (Å²) < 4.78 is 0. The molecule has 2 saturated carbocycles. The van der Waals surface area contributed by atoms with Gasteiger partial charge in [0.2, 0.25) is 5.95 Å². The Balaban J connectivity index is 0.000000557. The van der Waals surface area contributed by atoms with Crippen molar-refractivity contribution in [3.05, 3.63) is 95.4 Å². The lowest BCUT2D eigenvalue weighted by Gasteiger charge is -2.27. The van der Waals surface area contributed by atoms with Crippen molar-refractivity contribution in [3.63, 3.8) is 0 Å². The van der Waals surface area contributed by atoms with Gasteiger partial charge in [-0.05, 0) is 71.9 Å². The standard InChI is InChI=1S/C32H34N8.C6H12/c33-31-30(26-6-1-24(2-7-26)22-40-17-15-34-16-18-40)21-37-32(39-31)38-28-8-3-23(4-9-28)5-10-29-19-25(13-14-35-29)20-36-27-11-12-27;1-2-4-6-5-3-1/h1-4,6-9,13-14,19,21,27,34,36H,11-12,15-18,20,22H2,(H3,33,37,38,39);1-6H2. The number of nitrogens with two attached hydrogens (primary N) is 1. The molecule has 0 radical (unpaired) electrons. The molecule has 0 spiro atoms. The predicted molar refractivity (Wildman–Crippen MR) is 188 cm³/mol. The van der Waals surface area contributed by atoms with Crippen LogP contribution in [0.5, 0.6) is 0 Å². The summed E-state index contributed by atoms with van der Waals surface area (Å²) in [6.07, 6.45) is 15.2. The second kappa shape index (κ2) is 16.3. The monoisotopic (exact) mass is 614 g/mol. The van der Waals surface area contributed by atoms with E-state index in [1.807, 2.05) is 42.6 Å². The zero-order chi connectivity index (χ0) is 31.4. The summed E-state index contributed by atoms with van der Waals surface area (Å²) in [5.41, 5.74) is 13.2. The van der Waals surface area contributed by atoms with Crippen LogP contribution in [0.1, 0.15) is 73.8 Å². The summed E-state index contributed by atoms with van der Waals surface area (Å²) >= 11 is 0. The molecule has 2 aliphatic carbocycles. The van der Waals surface area contributed by atoms with E-state index in [1.165, 1.54) is 62.5 Å². The number of hydrogen-bond acceptors (Lipinski definition) is 8. The fourth-order valence-electron chi connectivity index (χ4n) is 5.76. The van der Waals surface area contributed by atoms with E-state index in [4.69, 9.17) is 5.73 Å². The first-order chi connectivity index (χ1) is 22.7. The van der Waals surface area contributed by atoms with Gasteiger partial charge in [0, 0.05) is 74.5 Å². The van der Waals surface area contributed by atoms with Crippen LogP contribution in [0.15, 0.2) is 73.1 Å². The highest BCUT2D eigenvalue weighted by Crippen LogP contribution is 2.26. The van der Waals surface area contributed by atoms with E-state index in [-0.39, 0.29) is 0 Å². The molecule has 46 heavy (non-hydrogen) atoms. The molecule has 1 saturated heterocycles. The van der Waals surface area contributed by atoms with Gasteiger partial charge in [-0.3, -0.25) is 4.90 Å². The summed E-state index contributed by atoms with van der Waals surface area (Å²) in [5.74, 6) is 7.27. The Hall–Kier alpha value is -4.29. The summed E-state index contributed by atoms with van der Waals surface area (Å²) in [6, 6.07) is 21.1. The van der Waals surface area contributed by atoms with Gasteiger partial charge >= 0.3 is 0 Å². The number of nitrogen functional groups attached to an aromatic ring is 1. The van der Waals surface area contributed by atoms with Crippen LogP contribution in [-0.4, -0.2) is 52.1 Å². The average Bonchev–Trinajstić information content (AvgIpc) is 3.94. The highest BCUT2D eigenvalue weighted by Gasteiger charge is 2.19. The summed E-state index contributed by atoms with van der Waals surface area (Å²) in [6.45, 7) is 6.09. The smallest absolute Gasteiger partial charge is 0.229 e. The first kappa shape index (κ1) is 31.7. The number of piperazine rings is 1. The van der Waals surface area contributed by atoms with E-state index in [2.05, 4.69) is 71.9 Å². The Morgan fingerprint density at radius 2 is 1.54 bits per heavy atom. The first-order valence-electron chi connectivity index (χ1n) is 16.9. The van der Waals surface area contributed by atoms with E-state index in [0.717, 1.165) is 67.3 Å². The molecule has 5 N–H and O–H groups in total. The molecule has 1 aliphatic heterocycles. The number of anilines is 3. The van der Waals surface area contributed by atoms with Crippen molar-refractivity contribution in [2.45, 2.75) is 70.5 Å². The lowest BCUT2D eigenvalue weighted by atomic mass is 10.0. The van der Waals surface area contributed by atoms with E-state index < -0.39 is 0 Å². The highest BCUT2D eigenvalue weighted by molar-refractivity contribution is 5.74. The Kier molecular flexibility index (Phi) is 11.2. The number of benzene rings is 2.